The maximum atomic E-state index is 16.0. The van der Waals surface area contributed by atoms with Crippen LogP contribution in [0.5, 0.6) is 5.75 Å². The number of hydrogen-bond donors (Lipinski definition) is 2. The van der Waals surface area contributed by atoms with Gasteiger partial charge < -0.3 is 19.7 Å². The number of aromatic nitrogens is 2. The molecule has 0 atom stereocenters. The van der Waals surface area contributed by atoms with Crippen LogP contribution in [0.1, 0.15) is 78.3 Å². The van der Waals surface area contributed by atoms with Crippen molar-refractivity contribution < 1.29 is 23.8 Å². The Kier molecular flexibility index (Phi) is 11.0. The highest BCUT2D eigenvalue weighted by atomic mass is 35.5. The van der Waals surface area contributed by atoms with Crippen LogP contribution in [0.4, 0.5) is 4.39 Å². The molecule has 0 spiro atoms. The molecule has 1 amide bonds. The van der Waals surface area contributed by atoms with Gasteiger partial charge in [-0.25, -0.2) is 14.2 Å². The van der Waals surface area contributed by atoms with Crippen LogP contribution in [0.3, 0.4) is 0 Å². The summed E-state index contributed by atoms with van der Waals surface area (Å²) in [6, 6.07) is 20.3. The van der Waals surface area contributed by atoms with Gasteiger partial charge in [0.1, 0.15) is 24.0 Å². The SMILES string of the molecule is CC(C)NC(=O)c1ccc(-c2ccc(Cl)c(Cl)c2)c(COc2ccc(-c3nc4cc(C(=O)O)ccc4n3C3CCCCC3)c(F)c2)c1.Cl. The molecule has 0 bridgehead atoms. The molecular weight excluding hydrogens is 676 g/mol. The molecule has 2 N–H and O–H groups in total. The molecule has 1 saturated carbocycles. The first-order valence-corrected chi connectivity index (χ1v) is 16.4. The van der Waals surface area contributed by atoms with Crippen molar-refractivity contribution >= 4 is 58.5 Å². The molecule has 48 heavy (non-hydrogen) atoms. The van der Waals surface area contributed by atoms with Crippen molar-refractivity contribution in [1.82, 2.24) is 14.9 Å². The normalized spacial score (nSPS) is 13.4. The minimum absolute atomic E-state index is 0. The highest BCUT2D eigenvalue weighted by molar-refractivity contribution is 6.42. The number of carboxylic acid groups (broad SMARTS) is 1. The molecule has 11 heteroatoms. The number of nitrogens with one attached hydrogen (secondary N) is 1. The van der Waals surface area contributed by atoms with Gasteiger partial charge in [0.2, 0.25) is 0 Å². The number of aromatic carboxylic acids is 1. The number of nitrogens with zero attached hydrogens (tertiary/aromatic N) is 2. The quantitative estimate of drug-likeness (QED) is 0.159. The second kappa shape index (κ2) is 15.0. The average Bonchev–Trinajstić information content (AvgIpc) is 3.43. The smallest absolute Gasteiger partial charge is 0.335 e. The van der Waals surface area contributed by atoms with E-state index in [1.165, 1.54) is 12.1 Å². The van der Waals surface area contributed by atoms with Crippen LogP contribution in [0.15, 0.2) is 72.8 Å². The van der Waals surface area contributed by atoms with Gasteiger partial charge in [-0.05, 0) is 98.0 Å². The molecule has 1 heterocycles. The van der Waals surface area contributed by atoms with Crippen molar-refractivity contribution in [3.05, 3.63) is 105 Å². The summed E-state index contributed by atoms with van der Waals surface area (Å²) in [5.41, 5.74) is 4.50. The number of ether oxygens (including phenoxy) is 1. The minimum Gasteiger partial charge on any atom is -0.489 e. The Balaban J connectivity index is 0.00000451. The maximum Gasteiger partial charge on any atom is 0.335 e. The van der Waals surface area contributed by atoms with Gasteiger partial charge >= 0.3 is 5.97 Å². The predicted octanol–water partition coefficient (Wildman–Crippen LogP) is 10.2. The van der Waals surface area contributed by atoms with Crippen LogP contribution < -0.4 is 10.1 Å². The van der Waals surface area contributed by atoms with E-state index in [4.69, 9.17) is 32.9 Å². The molecule has 0 saturated heterocycles. The lowest BCUT2D eigenvalue weighted by molar-refractivity contribution is 0.0696. The Bertz CT molecular complexity index is 1990. The number of carbonyl (C=O) groups excluding carboxylic acids is 1. The third kappa shape index (κ3) is 7.46. The lowest BCUT2D eigenvalue weighted by Crippen LogP contribution is -2.30. The number of benzene rings is 4. The van der Waals surface area contributed by atoms with Gasteiger partial charge in [0, 0.05) is 23.7 Å². The van der Waals surface area contributed by atoms with Crippen LogP contribution in [0.2, 0.25) is 10.0 Å². The van der Waals surface area contributed by atoms with E-state index in [0.29, 0.717) is 43.8 Å². The van der Waals surface area contributed by atoms with E-state index in [2.05, 4.69) is 9.88 Å². The molecule has 6 rings (SSSR count). The zero-order valence-corrected chi connectivity index (χ0v) is 28.8. The third-order valence-corrected chi connectivity index (χ3v) is 9.21. The first-order chi connectivity index (χ1) is 22.6. The van der Waals surface area contributed by atoms with Gasteiger partial charge in [-0.15, -0.1) is 12.4 Å². The Morgan fingerprint density at radius 3 is 2.35 bits per heavy atom. The summed E-state index contributed by atoms with van der Waals surface area (Å²) in [5.74, 6) is -1.00. The van der Waals surface area contributed by atoms with Crippen LogP contribution in [-0.4, -0.2) is 32.6 Å². The van der Waals surface area contributed by atoms with Gasteiger partial charge in [-0.1, -0.05) is 54.6 Å². The number of amides is 1. The summed E-state index contributed by atoms with van der Waals surface area (Å²) >= 11 is 12.5. The zero-order valence-electron chi connectivity index (χ0n) is 26.4. The topological polar surface area (TPSA) is 93.4 Å². The largest absolute Gasteiger partial charge is 0.489 e. The standard InChI is InChI=1S/C37H34Cl2FN3O4.ClH/c1-21(2)41-36(44)23-8-12-28(22-9-14-30(38)31(39)17-22)25(16-23)20-47-27-11-13-29(32(40)19-27)35-42-33-18-24(37(45)46)10-15-34(33)43(35)26-6-4-3-5-7-26;/h8-19,21,26H,3-7,20H2,1-2H3,(H,41,44)(H,45,46);1H. The molecule has 1 aliphatic rings. The number of hydrogen-bond acceptors (Lipinski definition) is 4. The number of carbonyl (C=O) groups is 2. The third-order valence-electron chi connectivity index (χ3n) is 8.47. The first-order valence-electron chi connectivity index (χ1n) is 15.7. The fraction of sp³-hybridized carbons (Fsp3) is 0.270. The fourth-order valence-corrected chi connectivity index (χ4v) is 6.50. The van der Waals surface area contributed by atoms with Crippen LogP contribution in [0.25, 0.3) is 33.5 Å². The summed E-state index contributed by atoms with van der Waals surface area (Å²) in [6.45, 7) is 3.83. The Labute approximate surface area is 294 Å². The lowest BCUT2D eigenvalue weighted by Gasteiger charge is -2.25. The van der Waals surface area contributed by atoms with Crippen molar-refractivity contribution in [2.45, 2.75) is 64.6 Å². The fourth-order valence-electron chi connectivity index (χ4n) is 6.20. The summed E-state index contributed by atoms with van der Waals surface area (Å²) in [4.78, 5) is 29.2. The minimum atomic E-state index is -1.04. The van der Waals surface area contributed by atoms with E-state index < -0.39 is 11.8 Å². The molecular formula is C37H35Cl3FN3O4. The Morgan fingerprint density at radius 1 is 0.938 bits per heavy atom. The molecule has 1 aliphatic carbocycles. The molecule has 7 nitrogen and oxygen atoms in total. The highest BCUT2D eigenvalue weighted by Crippen LogP contribution is 2.38. The Morgan fingerprint density at radius 2 is 1.67 bits per heavy atom. The summed E-state index contributed by atoms with van der Waals surface area (Å²) < 4.78 is 24.1. The molecule has 250 valence electrons. The summed E-state index contributed by atoms with van der Waals surface area (Å²) in [5, 5.41) is 13.3. The molecule has 0 unspecified atom stereocenters. The number of rotatable bonds is 9. The predicted molar refractivity (Wildman–Crippen MR) is 190 cm³/mol. The maximum absolute atomic E-state index is 16.0. The number of halogens is 4. The zero-order chi connectivity index (χ0) is 33.2. The van der Waals surface area contributed by atoms with Crippen LogP contribution in [-0.2, 0) is 6.61 Å². The van der Waals surface area contributed by atoms with Crippen molar-refractivity contribution in [1.29, 1.82) is 0 Å². The van der Waals surface area contributed by atoms with E-state index in [9.17, 15) is 14.7 Å². The lowest BCUT2D eigenvalue weighted by atomic mass is 9.94. The van der Waals surface area contributed by atoms with Gasteiger partial charge in [-0.3, -0.25) is 4.79 Å². The number of carboxylic acids is 1. The van der Waals surface area contributed by atoms with E-state index in [1.54, 1.807) is 48.5 Å². The van der Waals surface area contributed by atoms with E-state index >= 15 is 4.39 Å². The van der Waals surface area contributed by atoms with Crippen LogP contribution >= 0.6 is 35.6 Å². The van der Waals surface area contributed by atoms with Gasteiger partial charge in [0.25, 0.3) is 5.91 Å². The highest BCUT2D eigenvalue weighted by Gasteiger charge is 2.25. The summed E-state index contributed by atoms with van der Waals surface area (Å²) in [7, 11) is 0. The molecule has 4 aromatic carbocycles. The average molecular weight is 711 g/mol. The van der Waals surface area contributed by atoms with Gasteiger partial charge in [0.05, 0.1) is 32.2 Å². The summed E-state index contributed by atoms with van der Waals surface area (Å²) in [6.07, 6.45) is 5.17. The van der Waals surface area contributed by atoms with Crippen molar-refractivity contribution in [2.24, 2.45) is 0 Å². The van der Waals surface area contributed by atoms with Crippen LogP contribution in [0, 0.1) is 5.82 Å². The monoisotopic (exact) mass is 709 g/mol. The van der Waals surface area contributed by atoms with E-state index in [0.717, 1.165) is 48.7 Å². The molecule has 0 aliphatic heterocycles. The molecule has 1 aromatic heterocycles. The van der Waals surface area contributed by atoms with Crippen molar-refractivity contribution in [3.8, 4) is 28.3 Å². The second-order valence-corrected chi connectivity index (χ2v) is 13.0. The molecule has 0 radical (unpaired) electrons. The second-order valence-electron chi connectivity index (χ2n) is 12.2. The number of fused-ring (bicyclic) bond motifs is 1. The molecule has 5 aromatic rings. The number of imidazole rings is 1. The van der Waals surface area contributed by atoms with E-state index in [-0.39, 0.29) is 42.6 Å². The Hall–Kier alpha value is -4.11. The van der Waals surface area contributed by atoms with Gasteiger partial charge in [-0.2, -0.15) is 0 Å². The van der Waals surface area contributed by atoms with E-state index in [1.807, 2.05) is 26.0 Å². The van der Waals surface area contributed by atoms with Crippen molar-refractivity contribution in [3.63, 3.8) is 0 Å². The van der Waals surface area contributed by atoms with Crippen molar-refractivity contribution in [2.75, 3.05) is 0 Å². The molecule has 1 fully saturated rings. The van der Waals surface area contributed by atoms with Gasteiger partial charge in [0.15, 0.2) is 0 Å². The first kappa shape index (κ1) is 35.2.